The first kappa shape index (κ1) is 30.0. The molecule has 0 aromatic carbocycles. The molecule has 15 heavy (non-hydrogen) atoms. The summed E-state index contributed by atoms with van der Waals surface area (Å²) in [5, 5.41) is 0. The van der Waals surface area contributed by atoms with Gasteiger partial charge in [0.2, 0.25) is 0 Å². The van der Waals surface area contributed by atoms with Crippen molar-refractivity contribution < 1.29 is 53.7 Å². The fraction of sp³-hybridized carbons (Fsp3) is 1.00. The van der Waals surface area contributed by atoms with E-state index in [1.54, 1.807) is 0 Å². The van der Waals surface area contributed by atoms with Gasteiger partial charge in [0.05, 0.1) is 0 Å². The van der Waals surface area contributed by atoms with E-state index in [0.717, 1.165) is 23.0 Å². The maximum Gasteiger partial charge on any atom is 2.00 e. The van der Waals surface area contributed by atoms with Crippen LogP contribution in [-0.2, 0) is 42.0 Å². The molecular weight excluding hydrogens is 370 g/mol. The smallest absolute Gasteiger partial charge is 1.00 e. The first-order valence-electron chi connectivity index (χ1n) is 4.32. The summed E-state index contributed by atoms with van der Waals surface area (Å²) in [7, 11) is -1.07. The Hall–Kier alpha value is 1.54. The van der Waals surface area contributed by atoms with Crippen molar-refractivity contribution in [1.29, 1.82) is 0 Å². The topological polar surface area (TPSA) is 34.1 Å². The van der Waals surface area contributed by atoms with Crippen LogP contribution < -0.4 is 24.8 Å². The molecule has 0 spiro atoms. The Labute approximate surface area is 125 Å². The minimum Gasteiger partial charge on any atom is -1.00 e. The summed E-state index contributed by atoms with van der Waals surface area (Å²) in [5.41, 5.74) is 0. The largest absolute Gasteiger partial charge is 2.00 e. The van der Waals surface area contributed by atoms with Gasteiger partial charge in [0.15, 0.2) is 0 Å². The van der Waals surface area contributed by atoms with E-state index in [-0.39, 0.29) is 45.2 Å². The van der Waals surface area contributed by atoms with Gasteiger partial charge in [-0.15, -0.1) is 0 Å². The summed E-state index contributed by atoms with van der Waals surface area (Å²) >= 11 is 0. The van der Waals surface area contributed by atoms with E-state index in [0.29, 0.717) is 0 Å². The van der Waals surface area contributed by atoms with E-state index in [2.05, 4.69) is 0 Å². The van der Waals surface area contributed by atoms with Crippen molar-refractivity contribution in [3.05, 3.63) is 0 Å². The van der Waals surface area contributed by atoms with Crippen LogP contribution >= 0.6 is 0 Å². The standard InChI is InChI=1S/2C4H10OS.2ClH.Pd/c2*1-3-6(5)4-2;;;/h2*3-4H2,1-2H3;2*1H;/q;;;;+2/p-2. The zero-order valence-corrected chi connectivity index (χ0v) is 14.2. The quantitative estimate of drug-likeness (QED) is 0.455. The van der Waals surface area contributed by atoms with Crippen molar-refractivity contribution in [2.24, 2.45) is 0 Å². The number of halogens is 2. The van der Waals surface area contributed by atoms with Crippen LogP contribution in [-0.4, -0.2) is 31.4 Å². The summed E-state index contributed by atoms with van der Waals surface area (Å²) in [6.45, 7) is 7.72. The Morgan fingerprint density at radius 2 is 0.800 bits per heavy atom. The molecule has 0 aliphatic rings. The molecule has 0 aromatic heterocycles. The molecule has 0 heterocycles. The molecular formula is C8H20Cl2O2PdS2. The predicted octanol–water partition coefficient (Wildman–Crippen LogP) is -4.44. The Morgan fingerprint density at radius 1 is 0.667 bits per heavy atom. The van der Waals surface area contributed by atoms with Gasteiger partial charge in [-0.25, -0.2) is 0 Å². The van der Waals surface area contributed by atoms with Crippen molar-refractivity contribution in [2.75, 3.05) is 23.0 Å². The number of hydrogen-bond donors (Lipinski definition) is 0. The van der Waals surface area contributed by atoms with Gasteiger partial charge >= 0.3 is 20.4 Å². The van der Waals surface area contributed by atoms with Gasteiger partial charge in [-0.05, 0) is 0 Å². The second kappa shape index (κ2) is 24.7. The zero-order chi connectivity index (χ0) is 9.98. The van der Waals surface area contributed by atoms with Gasteiger partial charge in [-0.2, -0.15) is 0 Å². The average Bonchev–Trinajstić information content (AvgIpc) is 2.16. The fourth-order valence-electron chi connectivity index (χ4n) is 0.408. The molecule has 0 unspecified atom stereocenters. The normalized spacial score (nSPS) is 7.87. The molecule has 0 rings (SSSR count). The van der Waals surface area contributed by atoms with Crippen molar-refractivity contribution in [2.45, 2.75) is 27.7 Å². The van der Waals surface area contributed by atoms with Crippen LogP contribution in [0.25, 0.3) is 0 Å². The van der Waals surface area contributed by atoms with E-state index in [1.807, 2.05) is 27.7 Å². The van der Waals surface area contributed by atoms with E-state index in [9.17, 15) is 8.42 Å². The summed E-state index contributed by atoms with van der Waals surface area (Å²) in [6.07, 6.45) is 0. The van der Waals surface area contributed by atoms with Crippen molar-refractivity contribution >= 4 is 21.6 Å². The maximum atomic E-state index is 10.3. The predicted molar refractivity (Wildman–Crippen MR) is 58.4 cm³/mol. The van der Waals surface area contributed by atoms with Crippen LogP contribution in [0.2, 0.25) is 0 Å². The van der Waals surface area contributed by atoms with Gasteiger partial charge in [0, 0.05) is 44.6 Å². The molecule has 0 saturated carbocycles. The van der Waals surface area contributed by atoms with Crippen LogP contribution in [0.4, 0.5) is 0 Å². The summed E-state index contributed by atoms with van der Waals surface area (Å²) < 4.78 is 20.6. The molecule has 0 N–H and O–H groups in total. The first-order valence-corrected chi connectivity index (χ1v) is 7.29. The monoisotopic (exact) mass is 388 g/mol. The molecule has 7 heteroatoms. The van der Waals surface area contributed by atoms with Crippen LogP contribution in [0.15, 0.2) is 0 Å². The molecule has 0 aliphatic carbocycles. The SMILES string of the molecule is CCS(=O)CC.CCS(=O)CC.[Cl-].[Cl-].[Pd+2]. The molecule has 0 bridgehead atoms. The Balaban J connectivity index is -0.0000000370. The minimum atomic E-state index is -0.534. The van der Waals surface area contributed by atoms with Crippen LogP contribution in [0.1, 0.15) is 27.7 Å². The third kappa shape index (κ3) is 31.3. The molecule has 0 fully saturated rings. The first-order chi connectivity index (χ1) is 5.62. The fourth-order valence-corrected chi connectivity index (χ4v) is 1.22. The molecule has 0 aliphatic heterocycles. The molecule has 0 aromatic rings. The van der Waals surface area contributed by atoms with Gasteiger partial charge in [-0.1, -0.05) is 27.7 Å². The van der Waals surface area contributed by atoms with Gasteiger partial charge in [-0.3, -0.25) is 8.42 Å². The summed E-state index contributed by atoms with van der Waals surface area (Å²) in [5.74, 6) is 3.21. The third-order valence-corrected chi connectivity index (χ3v) is 3.86. The van der Waals surface area contributed by atoms with Crippen molar-refractivity contribution in [3.63, 3.8) is 0 Å². The van der Waals surface area contributed by atoms with E-state index in [4.69, 9.17) is 0 Å². The zero-order valence-electron chi connectivity index (χ0n) is 9.53. The molecule has 100 valence electrons. The molecule has 2 nitrogen and oxygen atoms in total. The van der Waals surface area contributed by atoms with Gasteiger partial charge in [0.25, 0.3) is 0 Å². The van der Waals surface area contributed by atoms with Crippen molar-refractivity contribution in [3.8, 4) is 0 Å². The van der Waals surface area contributed by atoms with Crippen LogP contribution in [0.5, 0.6) is 0 Å². The Morgan fingerprint density at radius 3 is 0.800 bits per heavy atom. The average molecular weight is 390 g/mol. The van der Waals surface area contributed by atoms with E-state index >= 15 is 0 Å². The van der Waals surface area contributed by atoms with Gasteiger partial charge < -0.3 is 24.8 Å². The molecule has 0 saturated heterocycles. The second-order valence-electron chi connectivity index (χ2n) is 2.03. The van der Waals surface area contributed by atoms with Crippen LogP contribution in [0.3, 0.4) is 0 Å². The summed E-state index contributed by atoms with van der Waals surface area (Å²) in [4.78, 5) is 0. The number of hydrogen-bond acceptors (Lipinski definition) is 2. The molecule has 0 amide bonds. The molecule has 0 atom stereocenters. The maximum absolute atomic E-state index is 10.3. The van der Waals surface area contributed by atoms with E-state index in [1.165, 1.54) is 0 Å². The van der Waals surface area contributed by atoms with Crippen LogP contribution in [0, 0.1) is 0 Å². The Bertz CT molecular complexity index is 121. The summed E-state index contributed by atoms with van der Waals surface area (Å²) in [6, 6.07) is 0. The molecule has 0 radical (unpaired) electrons. The number of rotatable bonds is 4. The second-order valence-corrected chi connectivity index (χ2v) is 6.10. The third-order valence-electron chi connectivity index (χ3n) is 1.29. The van der Waals surface area contributed by atoms with E-state index < -0.39 is 21.6 Å². The minimum absolute atomic E-state index is 0. The Kier molecular flexibility index (Phi) is 49.3. The van der Waals surface area contributed by atoms with Crippen molar-refractivity contribution in [1.82, 2.24) is 0 Å². The van der Waals surface area contributed by atoms with Gasteiger partial charge in [0.1, 0.15) is 0 Å².